The minimum absolute atomic E-state index is 0.0376. The van der Waals surface area contributed by atoms with Gasteiger partial charge in [-0.3, -0.25) is 8.77 Å². The van der Waals surface area contributed by atoms with E-state index in [0.29, 0.717) is 15.5 Å². The lowest BCUT2D eigenvalue weighted by molar-refractivity contribution is 0.101. The standard InChI is InChI=1S/C20H20ClN3O2S/c1-14(25)17-13-24(27(26)16-5-2-4-15(21)12-16)19-7-3-6-18(20(17)19)23-10-8-22-9-11-23/h2-7,12-13,22H,8-11H2,1H3. The fraction of sp³-hybridized carbons (Fsp3) is 0.250. The van der Waals surface area contributed by atoms with E-state index in [1.165, 1.54) is 0 Å². The monoisotopic (exact) mass is 401 g/mol. The summed E-state index contributed by atoms with van der Waals surface area (Å²) in [7, 11) is -1.49. The van der Waals surface area contributed by atoms with Crippen molar-refractivity contribution in [1.82, 2.24) is 9.29 Å². The molecule has 1 aliphatic heterocycles. The maximum absolute atomic E-state index is 13.2. The molecule has 1 saturated heterocycles. The lowest BCUT2D eigenvalue weighted by atomic mass is 10.1. The van der Waals surface area contributed by atoms with Crippen LogP contribution in [0, 0.1) is 0 Å². The van der Waals surface area contributed by atoms with Gasteiger partial charge in [0, 0.05) is 54.0 Å². The third-order valence-electron chi connectivity index (χ3n) is 4.79. The van der Waals surface area contributed by atoms with Crippen molar-refractivity contribution < 1.29 is 9.00 Å². The van der Waals surface area contributed by atoms with Gasteiger partial charge in [-0.1, -0.05) is 23.7 Å². The predicted molar refractivity (Wildman–Crippen MR) is 110 cm³/mol. The molecular formula is C20H20ClN3O2S. The molecule has 140 valence electrons. The number of carbonyl (C=O) groups excluding carboxylic acids is 1. The summed E-state index contributed by atoms with van der Waals surface area (Å²) >= 11 is 6.07. The van der Waals surface area contributed by atoms with Crippen LogP contribution in [0.25, 0.3) is 10.9 Å². The van der Waals surface area contributed by atoms with Gasteiger partial charge in [0.15, 0.2) is 16.8 Å². The number of anilines is 1. The van der Waals surface area contributed by atoms with E-state index >= 15 is 0 Å². The SMILES string of the molecule is CC(=O)c1cn(S(=O)c2cccc(Cl)c2)c2cccc(N3CCNCC3)c12. The van der Waals surface area contributed by atoms with Gasteiger partial charge in [-0.2, -0.15) is 0 Å². The lowest BCUT2D eigenvalue weighted by Crippen LogP contribution is -2.43. The van der Waals surface area contributed by atoms with Gasteiger partial charge in [0.05, 0.1) is 10.4 Å². The van der Waals surface area contributed by atoms with Crippen LogP contribution in [-0.4, -0.2) is 40.1 Å². The summed E-state index contributed by atoms with van der Waals surface area (Å²) in [5.74, 6) is -0.0376. The van der Waals surface area contributed by atoms with E-state index in [2.05, 4.69) is 10.2 Å². The predicted octanol–water partition coefficient (Wildman–Crippen LogP) is 3.48. The van der Waals surface area contributed by atoms with Crippen molar-refractivity contribution in [2.24, 2.45) is 0 Å². The molecule has 0 amide bonds. The van der Waals surface area contributed by atoms with Crippen LogP contribution in [0.15, 0.2) is 53.6 Å². The molecule has 7 heteroatoms. The third-order valence-corrected chi connectivity index (χ3v) is 6.34. The van der Waals surface area contributed by atoms with Crippen molar-refractivity contribution in [3.63, 3.8) is 0 Å². The highest BCUT2D eigenvalue weighted by Gasteiger charge is 2.22. The summed E-state index contributed by atoms with van der Waals surface area (Å²) in [5, 5.41) is 4.74. The zero-order valence-corrected chi connectivity index (χ0v) is 16.5. The van der Waals surface area contributed by atoms with Gasteiger partial charge in [0.1, 0.15) is 0 Å². The van der Waals surface area contributed by atoms with Gasteiger partial charge >= 0.3 is 0 Å². The number of hydrogen-bond donors (Lipinski definition) is 1. The highest BCUT2D eigenvalue weighted by atomic mass is 35.5. The van der Waals surface area contributed by atoms with E-state index in [1.807, 2.05) is 18.2 Å². The minimum atomic E-state index is -1.49. The highest BCUT2D eigenvalue weighted by molar-refractivity contribution is 7.83. The van der Waals surface area contributed by atoms with E-state index in [1.54, 1.807) is 41.4 Å². The molecule has 1 fully saturated rings. The number of nitrogens with zero attached hydrogens (tertiary/aromatic N) is 2. The zero-order chi connectivity index (χ0) is 19.0. The summed E-state index contributed by atoms with van der Waals surface area (Å²) in [6.07, 6.45) is 1.70. The number of benzene rings is 2. The van der Waals surface area contributed by atoms with Gasteiger partial charge < -0.3 is 10.2 Å². The Labute approximate surface area is 165 Å². The van der Waals surface area contributed by atoms with Crippen molar-refractivity contribution in [3.8, 4) is 0 Å². The first-order valence-corrected chi connectivity index (χ1v) is 10.3. The molecule has 5 nitrogen and oxygen atoms in total. The molecule has 0 bridgehead atoms. The molecule has 1 aromatic heterocycles. The Balaban J connectivity index is 1.90. The van der Waals surface area contributed by atoms with E-state index in [-0.39, 0.29) is 5.78 Å². The number of hydrogen-bond acceptors (Lipinski definition) is 4. The average Bonchev–Trinajstić information content (AvgIpc) is 3.08. The van der Waals surface area contributed by atoms with Gasteiger partial charge in [-0.15, -0.1) is 0 Å². The number of ketones is 1. The summed E-state index contributed by atoms with van der Waals surface area (Å²) in [6.45, 7) is 5.11. The van der Waals surface area contributed by atoms with Crippen LogP contribution in [0.3, 0.4) is 0 Å². The van der Waals surface area contributed by atoms with Crippen LogP contribution < -0.4 is 10.2 Å². The molecule has 1 aliphatic rings. The number of rotatable bonds is 4. The molecule has 27 heavy (non-hydrogen) atoms. The molecule has 1 unspecified atom stereocenters. The summed E-state index contributed by atoms with van der Waals surface area (Å²) in [5.41, 5.74) is 2.39. The number of fused-ring (bicyclic) bond motifs is 1. The number of carbonyl (C=O) groups is 1. The van der Waals surface area contributed by atoms with Gasteiger partial charge in [-0.05, 0) is 37.3 Å². The molecule has 0 radical (unpaired) electrons. The summed E-state index contributed by atoms with van der Waals surface area (Å²) in [4.78, 5) is 15.2. The minimum Gasteiger partial charge on any atom is -0.368 e. The zero-order valence-electron chi connectivity index (χ0n) is 14.9. The Kier molecular flexibility index (Phi) is 5.04. The number of halogens is 1. The topological polar surface area (TPSA) is 54.3 Å². The van der Waals surface area contributed by atoms with Crippen molar-refractivity contribution in [2.45, 2.75) is 11.8 Å². The van der Waals surface area contributed by atoms with Crippen molar-refractivity contribution >= 4 is 45.0 Å². The van der Waals surface area contributed by atoms with E-state index in [0.717, 1.165) is 42.8 Å². The Morgan fingerprint density at radius 2 is 1.89 bits per heavy atom. The molecule has 2 aromatic carbocycles. The molecule has 2 heterocycles. The van der Waals surface area contributed by atoms with E-state index < -0.39 is 11.0 Å². The smallest absolute Gasteiger partial charge is 0.162 e. The lowest BCUT2D eigenvalue weighted by Gasteiger charge is -2.30. The van der Waals surface area contributed by atoms with Crippen molar-refractivity contribution in [2.75, 3.05) is 31.1 Å². The second kappa shape index (κ2) is 7.46. The molecule has 0 saturated carbocycles. The van der Waals surface area contributed by atoms with Crippen LogP contribution >= 0.6 is 11.6 Å². The van der Waals surface area contributed by atoms with Crippen molar-refractivity contribution in [1.29, 1.82) is 0 Å². The Bertz CT molecular complexity index is 1040. The fourth-order valence-corrected chi connectivity index (χ4v) is 4.94. The first kappa shape index (κ1) is 18.2. The third kappa shape index (κ3) is 3.40. The molecule has 1 atom stereocenters. The number of Topliss-reactive ketones (excluding diaryl/α,β-unsaturated/α-hetero) is 1. The van der Waals surface area contributed by atoms with Crippen LogP contribution in [-0.2, 0) is 11.0 Å². The summed E-state index contributed by atoms with van der Waals surface area (Å²) in [6, 6.07) is 12.9. The van der Waals surface area contributed by atoms with Gasteiger partial charge in [0.25, 0.3) is 0 Å². The second-order valence-electron chi connectivity index (χ2n) is 6.54. The van der Waals surface area contributed by atoms with Crippen LogP contribution in [0.2, 0.25) is 5.02 Å². The second-order valence-corrected chi connectivity index (χ2v) is 8.34. The molecule has 3 aromatic rings. The van der Waals surface area contributed by atoms with E-state index in [4.69, 9.17) is 11.6 Å². The quantitative estimate of drug-likeness (QED) is 0.680. The maximum Gasteiger partial charge on any atom is 0.162 e. The number of piperazine rings is 1. The Morgan fingerprint density at radius 3 is 2.59 bits per heavy atom. The average molecular weight is 402 g/mol. The molecular weight excluding hydrogens is 382 g/mol. The highest BCUT2D eigenvalue weighted by Crippen LogP contribution is 2.33. The van der Waals surface area contributed by atoms with E-state index in [9.17, 15) is 9.00 Å². The Morgan fingerprint density at radius 1 is 1.15 bits per heavy atom. The molecule has 0 spiro atoms. The van der Waals surface area contributed by atoms with Gasteiger partial charge in [-0.25, -0.2) is 4.21 Å². The van der Waals surface area contributed by atoms with Gasteiger partial charge in [0.2, 0.25) is 0 Å². The van der Waals surface area contributed by atoms with Crippen LogP contribution in [0.1, 0.15) is 17.3 Å². The normalized spacial score (nSPS) is 15.9. The number of nitrogens with one attached hydrogen (secondary N) is 1. The maximum atomic E-state index is 13.2. The Hall–Kier alpha value is -2.15. The first-order valence-electron chi connectivity index (χ1n) is 8.85. The largest absolute Gasteiger partial charge is 0.368 e. The summed E-state index contributed by atoms with van der Waals surface area (Å²) < 4.78 is 14.9. The number of aromatic nitrogens is 1. The fourth-order valence-electron chi connectivity index (χ4n) is 3.50. The van der Waals surface area contributed by atoms with Crippen LogP contribution in [0.5, 0.6) is 0 Å². The first-order chi connectivity index (χ1) is 13.1. The van der Waals surface area contributed by atoms with Crippen molar-refractivity contribution in [3.05, 3.63) is 59.2 Å². The molecule has 1 N–H and O–H groups in total. The molecule has 4 rings (SSSR count). The molecule has 0 aliphatic carbocycles. The van der Waals surface area contributed by atoms with Crippen LogP contribution in [0.4, 0.5) is 5.69 Å².